The monoisotopic (exact) mass is 405 g/mol. The number of halogens is 1. The molecule has 0 aliphatic carbocycles. The van der Waals surface area contributed by atoms with Gasteiger partial charge in [-0.25, -0.2) is 0 Å². The molecule has 4 rings (SSSR count). The van der Waals surface area contributed by atoms with Crippen LogP contribution in [0.5, 0.6) is 0 Å². The first-order valence-corrected chi connectivity index (χ1v) is 9.80. The van der Waals surface area contributed by atoms with Crippen LogP contribution in [0.2, 0.25) is 5.02 Å². The Morgan fingerprint density at radius 1 is 1.00 bits per heavy atom. The second-order valence-electron chi connectivity index (χ2n) is 6.98. The number of hydrogen-bond donors (Lipinski definition) is 1. The van der Waals surface area contributed by atoms with E-state index in [9.17, 15) is 9.59 Å². The number of fused-ring (bicyclic) bond motifs is 1. The molecule has 1 unspecified atom stereocenters. The van der Waals surface area contributed by atoms with E-state index in [-0.39, 0.29) is 18.2 Å². The molecule has 1 N–H and O–H groups in total. The third-order valence-electron chi connectivity index (χ3n) is 5.04. The van der Waals surface area contributed by atoms with Gasteiger partial charge in [0.2, 0.25) is 5.91 Å². The molecule has 5 nitrogen and oxygen atoms in total. The maximum Gasteiger partial charge on any atom is 0.253 e. The van der Waals surface area contributed by atoms with E-state index < -0.39 is 6.04 Å². The molecule has 146 valence electrons. The normalized spacial score (nSPS) is 13.6. The Labute approximate surface area is 174 Å². The summed E-state index contributed by atoms with van der Waals surface area (Å²) in [5.41, 5.74) is 3.26. The lowest BCUT2D eigenvalue weighted by Crippen LogP contribution is -2.34. The summed E-state index contributed by atoms with van der Waals surface area (Å²) < 4.78 is 0. The van der Waals surface area contributed by atoms with Crippen molar-refractivity contribution in [1.82, 2.24) is 15.2 Å². The molecule has 0 radical (unpaired) electrons. The summed E-state index contributed by atoms with van der Waals surface area (Å²) in [6.07, 6.45) is 1.90. The van der Waals surface area contributed by atoms with Gasteiger partial charge < -0.3 is 10.2 Å². The van der Waals surface area contributed by atoms with Crippen LogP contribution < -0.4 is 5.32 Å². The maximum absolute atomic E-state index is 13.0. The van der Waals surface area contributed by atoms with Crippen molar-refractivity contribution in [2.24, 2.45) is 0 Å². The van der Waals surface area contributed by atoms with Gasteiger partial charge in [-0.05, 0) is 29.3 Å². The summed E-state index contributed by atoms with van der Waals surface area (Å²) >= 11 is 6.17. The van der Waals surface area contributed by atoms with Crippen molar-refractivity contribution in [1.29, 1.82) is 0 Å². The van der Waals surface area contributed by atoms with E-state index in [1.807, 2.05) is 42.5 Å². The second-order valence-corrected chi connectivity index (χ2v) is 7.39. The van der Waals surface area contributed by atoms with Crippen LogP contribution in [0, 0.1) is 0 Å². The van der Waals surface area contributed by atoms with E-state index >= 15 is 0 Å². The summed E-state index contributed by atoms with van der Waals surface area (Å²) in [5, 5.41) is 3.36. The first kappa shape index (κ1) is 19.2. The van der Waals surface area contributed by atoms with Gasteiger partial charge in [-0.1, -0.05) is 60.1 Å². The SMILES string of the molecule is O=C(NC(CC(=O)N1Cc2cccnc2C1)c1ccccc1)c1ccccc1Cl. The van der Waals surface area contributed by atoms with E-state index in [4.69, 9.17) is 11.6 Å². The fourth-order valence-electron chi connectivity index (χ4n) is 3.50. The molecule has 3 aromatic rings. The molecule has 0 saturated heterocycles. The lowest BCUT2D eigenvalue weighted by atomic mass is 10.0. The largest absolute Gasteiger partial charge is 0.345 e. The molecular weight excluding hydrogens is 386 g/mol. The average Bonchev–Trinajstić information content (AvgIpc) is 3.18. The van der Waals surface area contributed by atoms with E-state index in [1.165, 1.54) is 0 Å². The molecule has 0 saturated carbocycles. The van der Waals surface area contributed by atoms with E-state index in [1.54, 1.807) is 35.4 Å². The van der Waals surface area contributed by atoms with Gasteiger partial charge in [0.05, 0.1) is 35.3 Å². The molecule has 6 heteroatoms. The lowest BCUT2D eigenvalue weighted by molar-refractivity contribution is -0.132. The Kier molecular flexibility index (Phi) is 5.58. The number of benzene rings is 2. The zero-order chi connectivity index (χ0) is 20.2. The highest BCUT2D eigenvalue weighted by Gasteiger charge is 2.27. The average molecular weight is 406 g/mol. The van der Waals surface area contributed by atoms with Crippen LogP contribution in [-0.4, -0.2) is 21.7 Å². The zero-order valence-electron chi connectivity index (χ0n) is 15.7. The van der Waals surface area contributed by atoms with Gasteiger partial charge in [0.25, 0.3) is 5.91 Å². The van der Waals surface area contributed by atoms with Crippen LogP contribution >= 0.6 is 11.6 Å². The first-order chi connectivity index (χ1) is 14.1. The number of pyridine rings is 1. The van der Waals surface area contributed by atoms with Gasteiger partial charge in [0.1, 0.15) is 0 Å². The Bertz CT molecular complexity index is 1010. The number of nitrogens with one attached hydrogen (secondary N) is 1. The van der Waals surface area contributed by atoms with Crippen molar-refractivity contribution < 1.29 is 9.59 Å². The fourth-order valence-corrected chi connectivity index (χ4v) is 3.72. The summed E-state index contributed by atoms with van der Waals surface area (Å²) in [6, 6.07) is 19.8. The molecule has 2 aromatic carbocycles. The van der Waals surface area contributed by atoms with Crippen molar-refractivity contribution in [2.75, 3.05) is 0 Å². The number of aromatic nitrogens is 1. The van der Waals surface area contributed by atoms with Gasteiger partial charge in [0.15, 0.2) is 0 Å². The summed E-state index contributed by atoms with van der Waals surface area (Å²) in [5.74, 6) is -0.333. The Balaban J connectivity index is 1.52. The number of nitrogens with zero attached hydrogens (tertiary/aromatic N) is 2. The summed E-state index contributed by atoms with van der Waals surface area (Å²) in [7, 11) is 0. The summed E-state index contributed by atoms with van der Waals surface area (Å²) in [4.78, 5) is 31.9. The molecule has 29 heavy (non-hydrogen) atoms. The van der Waals surface area contributed by atoms with Crippen LogP contribution in [-0.2, 0) is 17.9 Å². The highest BCUT2D eigenvalue weighted by molar-refractivity contribution is 6.33. The van der Waals surface area contributed by atoms with Gasteiger partial charge in [0, 0.05) is 12.7 Å². The molecular formula is C23H20ClN3O2. The molecule has 2 amide bonds. The third-order valence-corrected chi connectivity index (χ3v) is 5.37. The highest BCUT2D eigenvalue weighted by atomic mass is 35.5. The van der Waals surface area contributed by atoms with Gasteiger partial charge in [-0.3, -0.25) is 14.6 Å². The number of amides is 2. The highest BCUT2D eigenvalue weighted by Crippen LogP contribution is 2.25. The molecule has 1 atom stereocenters. The van der Waals surface area contributed by atoms with Gasteiger partial charge in [-0.15, -0.1) is 0 Å². The third kappa shape index (κ3) is 4.30. The van der Waals surface area contributed by atoms with Crippen LogP contribution in [0.25, 0.3) is 0 Å². The molecule has 1 aromatic heterocycles. The maximum atomic E-state index is 13.0. The van der Waals surface area contributed by atoms with E-state index in [0.717, 1.165) is 16.8 Å². The standard InChI is InChI=1S/C23H20ClN3O2/c24-19-11-5-4-10-18(19)23(29)26-20(16-7-2-1-3-8-16)13-22(28)27-14-17-9-6-12-25-21(17)15-27/h1-12,20H,13-15H2,(H,26,29). The van der Waals surface area contributed by atoms with Gasteiger partial charge >= 0.3 is 0 Å². The van der Waals surface area contributed by atoms with E-state index in [2.05, 4.69) is 10.3 Å². The second kappa shape index (κ2) is 8.45. The van der Waals surface area contributed by atoms with Crippen molar-refractivity contribution in [3.8, 4) is 0 Å². The molecule has 2 heterocycles. The smallest absolute Gasteiger partial charge is 0.253 e. The van der Waals surface area contributed by atoms with E-state index in [0.29, 0.717) is 23.7 Å². The minimum atomic E-state index is -0.454. The van der Waals surface area contributed by atoms with Crippen molar-refractivity contribution >= 4 is 23.4 Å². The van der Waals surface area contributed by atoms with Crippen LogP contribution in [0.15, 0.2) is 72.9 Å². The predicted molar refractivity (Wildman–Crippen MR) is 111 cm³/mol. The Morgan fingerprint density at radius 2 is 1.76 bits per heavy atom. The zero-order valence-corrected chi connectivity index (χ0v) is 16.5. The van der Waals surface area contributed by atoms with Crippen LogP contribution in [0.1, 0.15) is 39.6 Å². The molecule has 1 aliphatic heterocycles. The molecule has 0 bridgehead atoms. The fraction of sp³-hybridized carbons (Fsp3) is 0.174. The minimum absolute atomic E-state index is 0.0312. The predicted octanol–water partition coefficient (Wildman–Crippen LogP) is 4.14. The first-order valence-electron chi connectivity index (χ1n) is 9.42. The number of hydrogen-bond acceptors (Lipinski definition) is 3. The summed E-state index contributed by atoms with van der Waals surface area (Å²) in [6.45, 7) is 1.04. The van der Waals surface area contributed by atoms with Crippen molar-refractivity contribution in [3.63, 3.8) is 0 Å². The number of carbonyl (C=O) groups excluding carboxylic acids is 2. The van der Waals surface area contributed by atoms with Crippen LogP contribution in [0.3, 0.4) is 0 Å². The van der Waals surface area contributed by atoms with Crippen molar-refractivity contribution in [3.05, 3.63) is 100 Å². The topological polar surface area (TPSA) is 62.3 Å². The quantitative estimate of drug-likeness (QED) is 0.694. The number of rotatable bonds is 5. The minimum Gasteiger partial charge on any atom is -0.345 e. The molecule has 1 aliphatic rings. The van der Waals surface area contributed by atoms with Gasteiger partial charge in [-0.2, -0.15) is 0 Å². The Hall–Kier alpha value is -3.18. The molecule has 0 spiro atoms. The lowest BCUT2D eigenvalue weighted by Gasteiger charge is -2.22. The molecule has 0 fully saturated rings. The Morgan fingerprint density at radius 3 is 2.52 bits per heavy atom. The van der Waals surface area contributed by atoms with Crippen molar-refractivity contribution in [2.45, 2.75) is 25.6 Å². The number of carbonyl (C=O) groups is 2. The van der Waals surface area contributed by atoms with Crippen LogP contribution in [0.4, 0.5) is 0 Å².